The third kappa shape index (κ3) is 3.76. The molecule has 8 nitrogen and oxygen atoms in total. The van der Waals surface area contributed by atoms with Crippen LogP contribution in [-0.2, 0) is 4.79 Å². The van der Waals surface area contributed by atoms with Crippen molar-refractivity contribution >= 4 is 28.5 Å². The molecule has 0 aliphatic heterocycles. The van der Waals surface area contributed by atoms with Gasteiger partial charge in [-0.2, -0.15) is 4.52 Å². The minimum absolute atomic E-state index is 0.206. The molecular weight excluding hydrogens is 382 g/mol. The Hall–Kier alpha value is -3.68. The fraction of sp³-hybridized carbons (Fsp3) is 0.273. The van der Waals surface area contributed by atoms with Crippen molar-refractivity contribution in [2.45, 2.75) is 26.3 Å². The highest BCUT2D eigenvalue weighted by Gasteiger charge is 2.22. The zero-order valence-electron chi connectivity index (χ0n) is 17.0. The van der Waals surface area contributed by atoms with Gasteiger partial charge in [-0.15, -0.1) is 5.10 Å². The van der Waals surface area contributed by atoms with E-state index in [0.717, 1.165) is 10.9 Å². The van der Waals surface area contributed by atoms with Gasteiger partial charge in [0.25, 0.3) is 0 Å². The minimum Gasteiger partial charge on any atom is -0.497 e. The molecule has 0 bridgehead atoms. The number of nitrogens with one attached hydrogen (secondary N) is 1. The second-order valence-electron chi connectivity index (χ2n) is 7.52. The van der Waals surface area contributed by atoms with Crippen molar-refractivity contribution in [1.82, 2.24) is 19.6 Å². The minimum atomic E-state index is -0.931. The quantitative estimate of drug-likeness (QED) is 0.481. The van der Waals surface area contributed by atoms with Crippen molar-refractivity contribution < 1.29 is 14.6 Å². The van der Waals surface area contributed by atoms with Gasteiger partial charge in [0.05, 0.1) is 12.6 Å². The number of aromatic nitrogens is 4. The number of carboxylic acid groups (broad SMARTS) is 1. The molecule has 0 saturated carbocycles. The lowest BCUT2D eigenvalue weighted by Crippen LogP contribution is -2.32. The molecule has 154 valence electrons. The first-order chi connectivity index (χ1) is 14.5. The van der Waals surface area contributed by atoms with Crippen LogP contribution in [0.5, 0.6) is 5.75 Å². The van der Waals surface area contributed by atoms with Crippen molar-refractivity contribution in [1.29, 1.82) is 0 Å². The number of benzene rings is 2. The lowest BCUT2D eigenvalue weighted by molar-refractivity contribution is -0.138. The average Bonchev–Trinajstić information content (AvgIpc) is 3.19. The number of carbonyl (C=O) groups is 1. The van der Waals surface area contributed by atoms with E-state index in [-0.39, 0.29) is 5.92 Å². The van der Waals surface area contributed by atoms with Gasteiger partial charge in [0.2, 0.25) is 5.95 Å². The summed E-state index contributed by atoms with van der Waals surface area (Å²) >= 11 is 0. The number of hydrogen-bond donors (Lipinski definition) is 2. The zero-order valence-corrected chi connectivity index (χ0v) is 17.0. The van der Waals surface area contributed by atoms with Gasteiger partial charge in [-0.1, -0.05) is 38.1 Å². The molecule has 2 heterocycles. The van der Waals surface area contributed by atoms with E-state index in [1.54, 1.807) is 11.6 Å². The Kier molecular flexibility index (Phi) is 5.22. The van der Waals surface area contributed by atoms with Crippen LogP contribution in [0.25, 0.3) is 27.9 Å². The van der Waals surface area contributed by atoms with Gasteiger partial charge in [-0.25, -0.2) is 14.8 Å². The summed E-state index contributed by atoms with van der Waals surface area (Å²) in [7, 11) is 1.61. The maximum Gasteiger partial charge on any atom is 0.326 e. The first kappa shape index (κ1) is 19.6. The van der Waals surface area contributed by atoms with E-state index >= 15 is 0 Å². The molecule has 0 fully saturated rings. The topological polar surface area (TPSA) is 102 Å². The SMILES string of the molecule is COc1cccc(-c2nc3c4ccccc4nc(N[C@H](CC(C)C)C(=O)O)n3n2)c1. The highest BCUT2D eigenvalue weighted by molar-refractivity contribution is 5.93. The molecule has 30 heavy (non-hydrogen) atoms. The summed E-state index contributed by atoms with van der Waals surface area (Å²) in [6.07, 6.45) is 0.461. The normalized spacial score (nSPS) is 12.4. The fourth-order valence-electron chi connectivity index (χ4n) is 3.38. The molecule has 8 heteroatoms. The number of ether oxygens (including phenoxy) is 1. The molecule has 0 amide bonds. The standard InChI is InChI=1S/C22H23N5O3/c1-13(2)11-18(21(28)29)24-22-23-17-10-5-4-9-16(17)20-25-19(26-27(20)22)14-7-6-8-15(12-14)30-3/h4-10,12-13,18H,11H2,1-3H3,(H,23,24)(H,28,29)/t18-/m1/s1. The number of anilines is 1. The molecule has 1 atom stereocenters. The largest absolute Gasteiger partial charge is 0.497 e. The van der Waals surface area contributed by atoms with Crippen LogP contribution in [0.1, 0.15) is 20.3 Å². The van der Waals surface area contributed by atoms with Gasteiger partial charge in [0, 0.05) is 10.9 Å². The first-order valence-electron chi connectivity index (χ1n) is 9.75. The number of carboxylic acids is 1. The number of fused-ring (bicyclic) bond motifs is 3. The van der Waals surface area contributed by atoms with E-state index in [4.69, 9.17) is 9.72 Å². The fourth-order valence-corrected chi connectivity index (χ4v) is 3.38. The highest BCUT2D eigenvalue weighted by atomic mass is 16.5. The summed E-state index contributed by atoms with van der Waals surface area (Å²) in [5.74, 6) is 0.831. The van der Waals surface area contributed by atoms with E-state index < -0.39 is 12.0 Å². The maximum absolute atomic E-state index is 11.8. The maximum atomic E-state index is 11.8. The molecule has 2 aromatic heterocycles. The third-order valence-corrected chi connectivity index (χ3v) is 4.82. The Morgan fingerprint density at radius 2 is 1.97 bits per heavy atom. The number of methoxy groups -OCH3 is 1. The van der Waals surface area contributed by atoms with Gasteiger partial charge in [-0.05, 0) is 36.6 Å². The summed E-state index contributed by atoms with van der Waals surface area (Å²) in [5.41, 5.74) is 2.12. The number of hydrogen-bond acceptors (Lipinski definition) is 6. The zero-order chi connectivity index (χ0) is 21.3. The lowest BCUT2D eigenvalue weighted by Gasteiger charge is -2.17. The van der Waals surface area contributed by atoms with Crippen LogP contribution in [0, 0.1) is 5.92 Å². The Morgan fingerprint density at radius 3 is 2.70 bits per heavy atom. The Balaban J connectivity index is 1.88. The first-order valence-corrected chi connectivity index (χ1v) is 9.75. The second-order valence-corrected chi connectivity index (χ2v) is 7.52. The second kappa shape index (κ2) is 7.98. The number of nitrogens with zero attached hydrogens (tertiary/aromatic N) is 4. The Bertz CT molecular complexity index is 1220. The van der Waals surface area contributed by atoms with Crippen LogP contribution in [-0.4, -0.2) is 43.8 Å². The molecule has 0 aliphatic carbocycles. The molecule has 0 aliphatic rings. The third-order valence-electron chi connectivity index (χ3n) is 4.82. The summed E-state index contributed by atoms with van der Waals surface area (Å²) in [5, 5.41) is 18.2. The number of para-hydroxylation sites is 1. The summed E-state index contributed by atoms with van der Waals surface area (Å²) in [6, 6.07) is 14.3. The van der Waals surface area contributed by atoms with Crippen LogP contribution in [0.4, 0.5) is 5.95 Å². The monoisotopic (exact) mass is 405 g/mol. The molecular formula is C22H23N5O3. The summed E-state index contributed by atoms with van der Waals surface area (Å²) in [4.78, 5) is 21.2. The summed E-state index contributed by atoms with van der Waals surface area (Å²) in [6.45, 7) is 3.97. The van der Waals surface area contributed by atoms with Crippen molar-refractivity contribution in [3.8, 4) is 17.1 Å². The van der Waals surface area contributed by atoms with E-state index in [1.165, 1.54) is 0 Å². The lowest BCUT2D eigenvalue weighted by atomic mass is 10.0. The van der Waals surface area contributed by atoms with Crippen LogP contribution < -0.4 is 10.1 Å². The van der Waals surface area contributed by atoms with Crippen LogP contribution >= 0.6 is 0 Å². The van der Waals surface area contributed by atoms with Crippen molar-refractivity contribution in [2.24, 2.45) is 5.92 Å². The van der Waals surface area contributed by atoms with Gasteiger partial charge in [-0.3, -0.25) is 0 Å². The Labute approximate surface area is 173 Å². The van der Waals surface area contributed by atoms with Gasteiger partial charge < -0.3 is 15.2 Å². The number of rotatable bonds is 7. The molecule has 4 aromatic rings. The van der Waals surface area contributed by atoms with Gasteiger partial charge in [0.15, 0.2) is 11.5 Å². The van der Waals surface area contributed by atoms with Crippen LogP contribution in [0.3, 0.4) is 0 Å². The summed E-state index contributed by atoms with van der Waals surface area (Å²) < 4.78 is 6.88. The molecule has 0 unspecified atom stereocenters. The van der Waals surface area contributed by atoms with E-state index in [9.17, 15) is 9.90 Å². The van der Waals surface area contributed by atoms with Crippen LogP contribution in [0.2, 0.25) is 0 Å². The Morgan fingerprint density at radius 1 is 1.17 bits per heavy atom. The molecule has 4 rings (SSSR count). The van der Waals surface area contributed by atoms with Gasteiger partial charge >= 0.3 is 5.97 Å². The van der Waals surface area contributed by atoms with E-state index in [1.807, 2.05) is 62.4 Å². The molecule has 0 radical (unpaired) electrons. The van der Waals surface area contributed by atoms with Crippen molar-refractivity contribution in [3.05, 3.63) is 48.5 Å². The molecule has 0 spiro atoms. The smallest absolute Gasteiger partial charge is 0.326 e. The average molecular weight is 405 g/mol. The van der Waals surface area contributed by atoms with Crippen LogP contribution in [0.15, 0.2) is 48.5 Å². The van der Waals surface area contributed by atoms with Crippen molar-refractivity contribution in [2.75, 3.05) is 12.4 Å². The molecule has 2 N–H and O–H groups in total. The predicted molar refractivity (Wildman–Crippen MR) is 115 cm³/mol. The van der Waals surface area contributed by atoms with E-state index in [0.29, 0.717) is 35.1 Å². The van der Waals surface area contributed by atoms with Crippen molar-refractivity contribution in [3.63, 3.8) is 0 Å². The number of aliphatic carboxylic acids is 1. The highest BCUT2D eigenvalue weighted by Crippen LogP contribution is 2.26. The van der Waals surface area contributed by atoms with E-state index in [2.05, 4.69) is 15.4 Å². The molecule has 0 saturated heterocycles. The molecule has 2 aromatic carbocycles. The predicted octanol–water partition coefficient (Wildman–Crippen LogP) is 3.86. The van der Waals surface area contributed by atoms with Gasteiger partial charge in [0.1, 0.15) is 11.8 Å².